The number of carbonyl (C=O) groups excluding carboxylic acids is 2. The molecule has 0 aliphatic rings. The summed E-state index contributed by atoms with van der Waals surface area (Å²) in [6.45, 7) is 3.62. The van der Waals surface area contributed by atoms with Crippen LogP contribution in [0.4, 0.5) is 5.69 Å². The van der Waals surface area contributed by atoms with Crippen LogP contribution in [0.1, 0.15) is 25.8 Å². The maximum absolute atomic E-state index is 13.3. The van der Waals surface area contributed by atoms with Gasteiger partial charge in [-0.2, -0.15) is 0 Å². The normalized spacial score (nSPS) is 12.2. The highest BCUT2D eigenvalue weighted by atomic mass is 35.5. The van der Waals surface area contributed by atoms with Gasteiger partial charge in [-0.3, -0.25) is 13.9 Å². The Morgan fingerprint density at radius 3 is 2.25 bits per heavy atom. The lowest BCUT2D eigenvalue weighted by Crippen LogP contribution is -2.51. The summed E-state index contributed by atoms with van der Waals surface area (Å²) in [4.78, 5) is 27.3. The molecule has 174 valence electrons. The standard InChI is InChI=1S/C22H27Cl2N3O4S/c1-4-13-25-22(29)16(2)26(14-17-9-11-18(23)12-10-17)21(28)15-27(32(3,30)31)20-8-6-5-7-19(20)24/h5-12,16H,4,13-15H2,1-3H3,(H,25,29). The van der Waals surface area contributed by atoms with Crippen molar-refractivity contribution in [2.75, 3.05) is 23.7 Å². The van der Waals surface area contributed by atoms with Gasteiger partial charge in [0.05, 0.1) is 17.0 Å². The predicted octanol–water partition coefficient (Wildman–Crippen LogP) is 3.70. The summed E-state index contributed by atoms with van der Waals surface area (Å²) in [7, 11) is -3.82. The Balaban J connectivity index is 2.37. The van der Waals surface area contributed by atoms with Crippen LogP contribution in [0.25, 0.3) is 0 Å². The number of nitrogens with zero attached hydrogens (tertiary/aromatic N) is 2. The van der Waals surface area contributed by atoms with Crippen LogP contribution in [0.2, 0.25) is 10.0 Å². The number of benzene rings is 2. The average Bonchev–Trinajstić information content (AvgIpc) is 2.74. The summed E-state index contributed by atoms with van der Waals surface area (Å²) < 4.78 is 25.9. The van der Waals surface area contributed by atoms with Crippen LogP contribution in [-0.4, -0.2) is 50.5 Å². The minimum absolute atomic E-state index is 0.108. The molecule has 0 heterocycles. The molecule has 10 heteroatoms. The Kier molecular flexibility index (Phi) is 9.36. The van der Waals surface area contributed by atoms with Gasteiger partial charge < -0.3 is 10.2 Å². The van der Waals surface area contributed by atoms with Gasteiger partial charge in [0.1, 0.15) is 12.6 Å². The minimum Gasteiger partial charge on any atom is -0.354 e. The van der Waals surface area contributed by atoms with E-state index < -0.39 is 28.5 Å². The first-order valence-electron chi connectivity index (χ1n) is 10.1. The molecule has 0 fully saturated rings. The Labute approximate surface area is 199 Å². The first-order chi connectivity index (χ1) is 15.0. The number of sulfonamides is 1. The number of hydrogen-bond acceptors (Lipinski definition) is 4. The van der Waals surface area contributed by atoms with E-state index in [2.05, 4.69) is 5.32 Å². The van der Waals surface area contributed by atoms with Crippen LogP contribution in [0.3, 0.4) is 0 Å². The van der Waals surface area contributed by atoms with E-state index in [1.165, 1.54) is 11.0 Å². The SMILES string of the molecule is CCCNC(=O)C(C)N(Cc1ccc(Cl)cc1)C(=O)CN(c1ccccc1Cl)S(C)(=O)=O. The van der Waals surface area contributed by atoms with Gasteiger partial charge in [0.2, 0.25) is 21.8 Å². The Bertz CT molecular complexity index is 1050. The maximum Gasteiger partial charge on any atom is 0.244 e. The lowest BCUT2D eigenvalue weighted by molar-refractivity contribution is -0.139. The number of anilines is 1. The van der Waals surface area contributed by atoms with Crippen molar-refractivity contribution in [3.8, 4) is 0 Å². The van der Waals surface area contributed by atoms with Crippen LogP contribution >= 0.6 is 23.2 Å². The van der Waals surface area contributed by atoms with Crippen molar-refractivity contribution < 1.29 is 18.0 Å². The van der Waals surface area contributed by atoms with Crippen molar-refractivity contribution >= 4 is 50.7 Å². The molecule has 0 bridgehead atoms. The van der Waals surface area contributed by atoms with E-state index in [9.17, 15) is 18.0 Å². The number of amides is 2. The topological polar surface area (TPSA) is 86.8 Å². The summed E-state index contributed by atoms with van der Waals surface area (Å²) in [5, 5.41) is 3.52. The number of rotatable bonds is 10. The molecule has 7 nitrogen and oxygen atoms in total. The van der Waals surface area contributed by atoms with E-state index in [-0.39, 0.29) is 23.2 Å². The average molecular weight is 500 g/mol. The van der Waals surface area contributed by atoms with E-state index in [0.717, 1.165) is 22.5 Å². The van der Waals surface area contributed by atoms with E-state index in [4.69, 9.17) is 23.2 Å². The smallest absolute Gasteiger partial charge is 0.244 e. The minimum atomic E-state index is -3.82. The van der Waals surface area contributed by atoms with E-state index in [0.29, 0.717) is 11.6 Å². The summed E-state index contributed by atoms with van der Waals surface area (Å²) in [6.07, 6.45) is 1.75. The monoisotopic (exact) mass is 499 g/mol. The fraction of sp³-hybridized carbons (Fsp3) is 0.364. The van der Waals surface area contributed by atoms with Crippen molar-refractivity contribution in [1.82, 2.24) is 10.2 Å². The van der Waals surface area contributed by atoms with Gasteiger partial charge in [-0.25, -0.2) is 8.42 Å². The zero-order valence-electron chi connectivity index (χ0n) is 18.2. The molecule has 0 saturated carbocycles. The first-order valence-corrected chi connectivity index (χ1v) is 12.7. The summed E-state index contributed by atoms with van der Waals surface area (Å²) in [5.41, 5.74) is 0.945. The van der Waals surface area contributed by atoms with Crippen molar-refractivity contribution in [3.63, 3.8) is 0 Å². The molecule has 0 aliphatic heterocycles. The third-order valence-electron chi connectivity index (χ3n) is 4.78. The van der Waals surface area contributed by atoms with Crippen molar-refractivity contribution in [2.24, 2.45) is 0 Å². The van der Waals surface area contributed by atoms with Gasteiger partial charge in [0.25, 0.3) is 0 Å². The van der Waals surface area contributed by atoms with Crippen molar-refractivity contribution in [3.05, 3.63) is 64.1 Å². The highest BCUT2D eigenvalue weighted by Crippen LogP contribution is 2.27. The van der Waals surface area contributed by atoms with Gasteiger partial charge in [-0.05, 0) is 43.2 Å². The molecule has 32 heavy (non-hydrogen) atoms. The molecular weight excluding hydrogens is 473 g/mol. The molecule has 1 unspecified atom stereocenters. The van der Waals surface area contributed by atoms with E-state index >= 15 is 0 Å². The second-order valence-corrected chi connectivity index (χ2v) is 10.1. The van der Waals surface area contributed by atoms with Crippen LogP contribution in [-0.2, 0) is 26.2 Å². The number of hydrogen-bond donors (Lipinski definition) is 1. The molecule has 0 spiro atoms. The third kappa shape index (κ3) is 7.12. The predicted molar refractivity (Wildman–Crippen MR) is 128 cm³/mol. The van der Waals surface area contributed by atoms with E-state index in [1.54, 1.807) is 49.4 Å². The van der Waals surface area contributed by atoms with Crippen molar-refractivity contribution in [1.29, 1.82) is 0 Å². The summed E-state index contributed by atoms with van der Waals surface area (Å²) in [6, 6.07) is 12.4. The molecule has 0 aromatic heterocycles. The number of nitrogens with one attached hydrogen (secondary N) is 1. The molecule has 2 rings (SSSR count). The Morgan fingerprint density at radius 1 is 1.06 bits per heavy atom. The summed E-state index contributed by atoms with van der Waals surface area (Å²) >= 11 is 12.1. The zero-order valence-corrected chi connectivity index (χ0v) is 20.5. The summed E-state index contributed by atoms with van der Waals surface area (Å²) in [5.74, 6) is -0.859. The Hall–Kier alpha value is -2.29. The number of carbonyl (C=O) groups is 2. The molecule has 2 amide bonds. The van der Waals surface area contributed by atoms with Gasteiger partial charge >= 0.3 is 0 Å². The fourth-order valence-electron chi connectivity index (χ4n) is 3.01. The second kappa shape index (κ2) is 11.5. The van der Waals surface area contributed by atoms with Gasteiger partial charge in [-0.15, -0.1) is 0 Å². The molecule has 0 saturated heterocycles. The van der Waals surface area contributed by atoms with Crippen LogP contribution < -0.4 is 9.62 Å². The third-order valence-corrected chi connectivity index (χ3v) is 6.48. The van der Waals surface area contributed by atoms with Gasteiger partial charge in [0.15, 0.2) is 0 Å². The number of halogens is 2. The van der Waals surface area contributed by atoms with E-state index in [1.807, 2.05) is 6.92 Å². The first kappa shape index (κ1) is 26.0. The highest BCUT2D eigenvalue weighted by molar-refractivity contribution is 7.92. The second-order valence-electron chi connectivity index (χ2n) is 7.34. The zero-order chi connectivity index (χ0) is 23.9. The van der Waals surface area contributed by atoms with Gasteiger partial charge in [-0.1, -0.05) is 54.4 Å². The van der Waals surface area contributed by atoms with Crippen LogP contribution in [0.15, 0.2) is 48.5 Å². The molecule has 0 radical (unpaired) electrons. The Morgan fingerprint density at radius 2 is 1.69 bits per heavy atom. The molecule has 1 atom stereocenters. The quantitative estimate of drug-likeness (QED) is 0.539. The highest BCUT2D eigenvalue weighted by Gasteiger charge is 2.30. The van der Waals surface area contributed by atoms with Crippen LogP contribution in [0.5, 0.6) is 0 Å². The number of para-hydroxylation sites is 1. The lowest BCUT2D eigenvalue weighted by Gasteiger charge is -2.31. The largest absolute Gasteiger partial charge is 0.354 e. The maximum atomic E-state index is 13.3. The molecule has 2 aromatic carbocycles. The van der Waals surface area contributed by atoms with Gasteiger partial charge in [0, 0.05) is 18.1 Å². The lowest BCUT2D eigenvalue weighted by atomic mass is 10.1. The molecule has 0 aliphatic carbocycles. The molecule has 2 aromatic rings. The van der Waals surface area contributed by atoms with Crippen LogP contribution in [0, 0.1) is 0 Å². The molecular formula is C22H27Cl2N3O4S. The fourth-order valence-corrected chi connectivity index (χ4v) is 4.29. The van der Waals surface area contributed by atoms with Crippen molar-refractivity contribution in [2.45, 2.75) is 32.9 Å². The molecule has 1 N–H and O–H groups in total.